The van der Waals surface area contributed by atoms with Gasteiger partial charge >= 0.3 is 0 Å². The summed E-state index contributed by atoms with van der Waals surface area (Å²) in [5, 5.41) is 2.77. The van der Waals surface area contributed by atoms with Gasteiger partial charge in [-0.3, -0.25) is 4.79 Å². The van der Waals surface area contributed by atoms with E-state index in [-0.39, 0.29) is 18.1 Å². The Morgan fingerprint density at radius 1 is 1.47 bits per heavy atom. The van der Waals surface area contributed by atoms with E-state index in [9.17, 15) is 9.18 Å². The molecule has 1 N–H and O–H groups in total. The summed E-state index contributed by atoms with van der Waals surface area (Å²) in [5.41, 5.74) is 2.25. The van der Waals surface area contributed by atoms with Gasteiger partial charge in [-0.15, -0.1) is 0 Å². The molecule has 0 radical (unpaired) electrons. The molecule has 19 heavy (non-hydrogen) atoms. The Morgan fingerprint density at radius 2 is 2.26 bits per heavy atom. The predicted molar refractivity (Wildman–Crippen MR) is 71.5 cm³/mol. The highest BCUT2D eigenvalue weighted by Gasteiger charge is 2.35. The topological polar surface area (TPSA) is 38.3 Å². The summed E-state index contributed by atoms with van der Waals surface area (Å²) in [4.78, 5) is 11.1. The number of nitrogens with one attached hydrogen (secondary N) is 1. The summed E-state index contributed by atoms with van der Waals surface area (Å²) < 4.78 is 19.2. The van der Waals surface area contributed by atoms with Gasteiger partial charge in [0.2, 0.25) is 5.91 Å². The Labute approximate surface area is 113 Å². The van der Waals surface area contributed by atoms with Crippen LogP contribution in [0, 0.1) is 6.92 Å². The van der Waals surface area contributed by atoms with Crippen LogP contribution in [0.15, 0.2) is 24.3 Å². The zero-order chi connectivity index (χ0) is 13.8. The summed E-state index contributed by atoms with van der Waals surface area (Å²) in [6, 6.07) is 7.83. The molecule has 1 aliphatic rings. The van der Waals surface area contributed by atoms with Crippen LogP contribution < -0.4 is 5.32 Å². The average Bonchev–Trinajstić information content (AvgIpc) is 2.66. The Hall–Kier alpha value is -1.42. The van der Waals surface area contributed by atoms with Crippen molar-refractivity contribution in [2.75, 3.05) is 0 Å². The molecule has 3 atom stereocenters. The van der Waals surface area contributed by atoms with Crippen molar-refractivity contribution in [2.45, 2.75) is 51.6 Å². The van der Waals surface area contributed by atoms with E-state index in [1.54, 1.807) is 0 Å². The minimum absolute atomic E-state index is 0.136. The van der Waals surface area contributed by atoms with E-state index >= 15 is 0 Å². The maximum atomic E-state index is 13.4. The Balaban J connectivity index is 1.92. The highest BCUT2D eigenvalue weighted by molar-refractivity contribution is 5.73. The maximum absolute atomic E-state index is 13.4. The summed E-state index contributed by atoms with van der Waals surface area (Å²) in [7, 11) is 0. The van der Waals surface area contributed by atoms with Crippen molar-refractivity contribution in [1.29, 1.82) is 0 Å². The van der Waals surface area contributed by atoms with E-state index < -0.39 is 6.17 Å². The number of aryl methyl sites for hydroxylation is 1. The molecule has 4 heteroatoms. The Bertz CT molecular complexity index is 450. The molecule has 0 aliphatic heterocycles. The lowest BCUT2D eigenvalue weighted by Crippen LogP contribution is -2.39. The van der Waals surface area contributed by atoms with Gasteiger partial charge in [0.05, 0.1) is 18.8 Å². The first-order chi connectivity index (χ1) is 9.04. The van der Waals surface area contributed by atoms with Gasteiger partial charge in [0.15, 0.2) is 0 Å². The van der Waals surface area contributed by atoms with Gasteiger partial charge in [0.25, 0.3) is 0 Å². The molecule has 0 heterocycles. The second-order valence-corrected chi connectivity index (χ2v) is 5.21. The molecule has 0 aromatic heterocycles. The molecule has 3 nitrogen and oxygen atoms in total. The van der Waals surface area contributed by atoms with Gasteiger partial charge in [-0.25, -0.2) is 4.39 Å². The largest absolute Gasteiger partial charge is 0.371 e. The maximum Gasteiger partial charge on any atom is 0.217 e. The number of hydrogen-bond donors (Lipinski definition) is 1. The summed E-state index contributed by atoms with van der Waals surface area (Å²) in [5.74, 6) is -0.136. The van der Waals surface area contributed by atoms with Gasteiger partial charge in [0, 0.05) is 19.8 Å². The molecule has 0 spiro atoms. The van der Waals surface area contributed by atoms with Gasteiger partial charge in [-0.05, 0) is 12.5 Å². The third kappa shape index (κ3) is 4.03. The molecule has 1 aromatic rings. The van der Waals surface area contributed by atoms with Crippen LogP contribution in [0.1, 0.15) is 30.9 Å². The molecule has 1 fully saturated rings. The molecule has 104 valence electrons. The third-order valence-electron chi connectivity index (χ3n) is 3.38. The van der Waals surface area contributed by atoms with Crippen molar-refractivity contribution in [3.8, 4) is 0 Å². The number of rotatable bonds is 4. The smallest absolute Gasteiger partial charge is 0.217 e. The van der Waals surface area contributed by atoms with Crippen LogP contribution in [-0.4, -0.2) is 24.2 Å². The molecule has 2 rings (SSSR count). The monoisotopic (exact) mass is 265 g/mol. The first-order valence-corrected chi connectivity index (χ1v) is 6.63. The lowest BCUT2D eigenvalue weighted by Gasteiger charge is -2.20. The van der Waals surface area contributed by atoms with Crippen LogP contribution in [0.2, 0.25) is 0 Å². The number of alkyl halides is 1. The van der Waals surface area contributed by atoms with E-state index in [4.69, 9.17) is 4.74 Å². The standard InChI is InChI=1S/C15H20FNO2/c1-10-4-3-5-12(6-10)9-19-15-8-13(16)7-14(15)17-11(2)18/h3-6,13-15H,7-9H2,1-2H3,(H,17,18)/t13-,14-,15-/m1/s1. The number of hydrogen-bond acceptors (Lipinski definition) is 2. The van der Waals surface area contributed by atoms with Crippen molar-refractivity contribution in [3.63, 3.8) is 0 Å². The number of amides is 1. The minimum Gasteiger partial charge on any atom is -0.371 e. The lowest BCUT2D eigenvalue weighted by molar-refractivity contribution is -0.120. The third-order valence-corrected chi connectivity index (χ3v) is 3.38. The summed E-state index contributed by atoms with van der Waals surface area (Å²) in [6.07, 6.45) is -0.423. The van der Waals surface area contributed by atoms with Gasteiger partial charge in [0.1, 0.15) is 6.17 Å². The molecule has 0 bridgehead atoms. The van der Waals surface area contributed by atoms with E-state index in [1.807, 2.05) is 25.1 Å². The number of benzene rings is 1. The fourth-order valence-corrected chi connectivity index (χ4v) is 2.54. The molecule has 1 aromatic carbocycles. The SMILES string of the molecule is CC(=O)N[C@@H]1C[C@@H](F)C[C@H]1OCc1cccc(C)c1. The van der Waals surface area contributed by atoms with E-state index in [2.05, 4.69) is 11.4 Å². The fraction of sp³-hybridized carbons (Fsp3) is 0.533. The molecular formula is C15H20FNO2. The summed E-state index contributed by atoms with van der Waals surface area (Å²) >= 11 is 0. The van der Waals surface area contributed by atoms with Crippen LogP contribution in [0.5, 0.6) is 0 Å². The summed E-state index contributed by atoms with van der Waals surface area (Å²) in [6.45, 7) is 3.93. The van der Waals surface area contributed by atoms with Crippen LogP contribution in [-0.2, 0) is 16.1 Å². The quantitative estimate of drug-likeness (QED) is 0.908. The van der Waals surface area contributed by atoms with Gasteiger partial charge in [-0.1, -0.05) is 29.8 Å². The zero-order valence-corrected chi connectivity index (χ0v) is 11.4. The van der Waals surface area contributed by atoms with E-state index in [0.29, 0.717) is 19.4 Å². The molecule has 1 aliphatic carbocycles. The van der Waals surface area contributed by atoms with Crippen LogP contribution >= 0.6 is 0 Å². The predicted octanol–water partition coefficient (Wildman–Crippen LogP) is 2.52. The zero-order valence-electron chi connectivity index (χ0n) is 11.4. The van der Waals surface area contributed by atoms with Crippen molar-refractivity contribution in [3.05, 3.63) is 35.4 Å². The normalized spacial score (nSPS) is 26.4. The molecule has 0 unspecified atom stereocenters. The molecule has 0 saturated heterocycles. The second-order valence-electron chi connectivity index (χ2n) is 5.21. The molecule has 1 amide bonds. The van der Waals surface area contributed by atoms with Crippen molar-refractivity contribution in [2.24, 2.45) is 0 Å². The van der Waals surface area contributed by atoms with Crippen LogP contribution in [0.25, 0.3) is 0 Å². The van der Waals surface area contributed by atoms with Crippen molar-refractivity contribution in [1.82, 2.24) is 5.32 Å². The number of carbonyl (C=O) groups is 1. The van der Waals surface area contributed by atoms with Crippen molar-refractivity contribution < 1.29 is 13.9 Å². The Kier molecular flexibility index (Phi) is 4.53. The first-order valence-electron chi connectivity index (χ1n) is 6.63. The van der Waals surface area contributed by atoms with Crippen LogP contribution in [0.4, 0.5) is 4.39 Å². The lowest BCUT2D eigenvalue weighted by atomic mass is 10.1. The molecular weight excluding hydrogens is 245 g/mol. The fourth-order valence-electron chi connectivity index (χ4n) is 2.54. The van der Waals surface area contributed by atoms with Crippen LogP contribution in [0.3, 0.4) is 0 Å². The average molecular weight is 265 g/mol. The number of halogens is 1. The highest BCUT2D eigenvalue weighted by atomic mass is 19.1. The second kappa shape index (κ2) is 6.15. The minimum atomic E-state index is -0.889. The van der Waals surface area contributed by atoms with Crippen molar-refractivity contribution >= 4 is 5.91 Å². The number of ether oxygens (including phenoxy) is 1. The Morgan fingerprint density at radius 3 is 2.95 bits per heavy atom. The van der Waals surface area contributed by atoms with E-state index in [0.717, 1.165) is 5.56 Å². The molecule has 1 saturated carbocycles. The number of carbonyl (C=O) groups excluding carboxylic acids is 1. The van der Waals surface area contributed by atoms with Gasteiger partial charge in [-0.2, -0.15) is 0 Å². The van der Waals surface area contributed by atoms with E-state index in [1.165, 1.54) is 12.5 Å². The highest BCUT2D eigenvalue weighted by Crippen LogP contribution is 2.26. The first kappa shape index (κ1) is 14.0. The van der Waals surface area contributed by atoms with Gasteiger partial charge < -0.3 is 10.1 Å².